The summed E-state index contributed by atoms with van der Waals surface area (Å²) in [5, 5.41) is 17.1. The molecule has 1 aromatic heterocycles. The van der Waals surface area contributed by atoms with Gasteiger partial charge in [-0.25, -0.2) is 8.42 Å². The Morgan fingerprint density at radius 3 is 2.55 bits per heavy atom. The maximum atomic E-state index is 13.6. The van der Waals surface area contributed by atoms with Gasteiger partial charge in [-0.15, -0.1) is 0 Å². The normalized spacial score (nSPS) is 14.7. The molecule has 8 nitrogen and oxygen atoms in total. The highest BCUT2D eigenvalue weighted by Crippen LogP contribution is 2.36. The van der Waals surface area contributed by atoms with Crippen LogP contribution in [0.1, 0.15) is 51.0 Å². The molecule has 0 radical (unpaired) electrons. The highest BCUT2D eigenvalue weighted by atomic mass is 32.2. The van der Waals surface area contributed by atoms with Crippen LogP contribution in [-0.4, -0.2) is 40.9 Å². The molecule has 1 heterocycles. The first kappa shape index (κ1) is 23.3. The van der Waals surface area contributed by atoms with E-state index in [1.54, 1.807) is 18.2 Å². The average Bonchev–Trinajstić information content (AvgIpc) is 3.43. The third kappa shape index (κ3) is 4.49. The SMILES string of the molecule is COc1cc(S(=O)(=O)n2c(-c3cc(C(C)C)ccc3O)n[nH]c2=S)ccc1OC1CCCC1. The Bertz CT molecular complexity index is 1320. The number of H-pyrrole nitrogens is 1. The molecule has 1 aliphatic rings. The molecule has 176 valence electrons. The van der Waals surface area contributed by atoms with Crippen LogP contribution in [0.2, 0.25) is 0 Å². The van der Waals surface area contributed by atoms with Crippen LogP contribution in [0.5, 0.6) is 17.2 Å². The number of phenolic OH excluding ortho intramolecular Hbond substituents is 1. The lowest BCUT2D eigenvalue weighted by molar-refractivity contribution is 0.200. The second kappa shape index (κ2) is 9.18. The molecule has 3 aromatic rings. The number of rotatable bonds is 7. The molecule has 0 aliphatic heterocycles. The van der Waals surface area contributed by atoms with Crippen molar-refractivity contribution in [3.8, 4) is 28.6 Å². The van der Waals surface area contributed by atoms with Crippen molar-refractivity contribution in [3.63, 3.8) is 0 Å². The summed E-state index contributed by atoms with van der Waals surface area (Å²) in [6.45, 7) is 4.01. The minimum Gasteiger partial charge on any atom is -0.507 e. The van der Waals surface area contributed by atoms with E-state index in [0.29, 0.717) is 11.5 Å². The Morgan fingerprint density at radius 1 is 1.15 bits per heavy atom. The summed E-state index contributed by atoms with van der Waals surface area (Å²) in [7, 11) is -2.69. The van der Waals surface area contributed by atoms with Crippen LogP contribution in [0, 0.1) is 4.77 Å². The van der Waals surface area contributed by atoms with Crippen LogP contribution in [0.4, 0.5) is 0 Å². The van der Waals surface area contributed by atoms with Gasteiger partial charge in [-0.1, -0.05) is 19.9 Å². The van der Waals surface area contributed by atoms with E-state index in [1.165, 1.54) is 25.3 Å². The van der Waals surface area contributed by atoms with Crippen molar-refractivity contribution in [3.05, 3.63) is 46.7 Å². The highest BCUT2D eigenvalue weighted by molar-refractivity contribution is 7.90. The summed E-state index contributed by atoms with van der Waals surface area (Å²) in [4.78, 5) is -0.0311. The molecule has 1 aliphatic carbocycles. The number of aromatic nitrogens is 3. The number of benzene rings is 2. The topological polar surface area (TPSA) is 106 Å². The van der Waals surface area contributed by atoms with Gasteiger partial charge in [-0.05, 0) is 73.6 Å². The molecule has 0 atom stereocenters. The lowest BCUT2D eigenvalue weighted by Crippen LogP contribution is -2.16. The van der Waals surface area contributed by atoms with Gasteiger partial charge in [0.1, 0.15) is 5.75 Å². The number of phenols is 1. The summed E-state index contributed by atoms with van der Waals surface area (Å²) in [6, 6.07) is 9.52. The van der Waals surface area contributed by atoms with Crippen LogP contribution >= 0.6 is 12.2 Å². The zero-order chi connectivity index (χ0) is 23.8. The fourth-order valence-electron chi connectivity index (χ4n) is 3.97. The molecule has 1 saturated carbocycles. The van der Waals surface area contributed by atoms with Crippen LogP contribution < -0.4 is 9.47 Å². The lowest BCUT2D eigenvalue weighted by Gasteiger charge is -2.17. The van der Waals surface area contributed by atoms with Gasteiger partial charge in [0.25, 0.3) is 10.0 Å². The van der Waals surface area contributed by atoms with E-state index < -0.39 is 10.0 Å². The second-order valence-corrected chi connectivity index (χ2v) is 10.6. The zero-order valence-corrected chi connectivity index (χ0v) is 20.4. The van der Waals surface area contributed by atoms with Gasteiger partial charge >= 0.3 is 0 Å². The summed E-state index contributed by atoms with van der Waals surface area (Å²) >= 11 is 5.26. The first-order chi connectivity index (χ1) is 15.7. The minimum atomic E-state index is -4.16. The third-order valence-corrected chi connectivity index (χ3v) is 7.91. The van der Waals surface area contributed by atoms with Gasteiger partial charge in [0, 0.05) is 6.07 Å². The molecule has 10 heteroatoms. The Kier molecular flexibility index (Phi) is 6.49. The van der Waals surface area contributed by atoms with Crippen LogP contribution in [0.3, 0.4) is 0 Å². The maximum Gasteiger partial charge on any atom is 0.271 e. The number of nitrogens with zero attached hydrogens (tertiary/aromatic N) is 2. The van der Waals surface area contributed by atoms with E-state index in [4.69, 9.17) is 21.7 Å². The number of methoxy groups -OCH3 is 1. The third-order valence-electron chi connectivity index (χ3n) is 5.83. The maximum absolute atomic E-state index is 13.6. The molecule has 33 heavy (non-hydrogen) atoms. The summed E-state index contributed by atoms with van der Waals surface area (Å²) in [5.74, 6) is 0.909. The number of hydrogen-bond donors (Lipinski definition) is 2. The average molecular weight is 490 g/mol. The number of hydrogen-bond acceptors (Lipinski definition) is 7. The molecule has 4 rings (SSSR count). The van der Waals surface area contributed by atoms with Crippen molar-refractivity contribution < 1.29 is 23.0 Å². The molecular weight excluding hydrogens is 462 g/mol. The molecule has 2 aromatic carbocycles. The monoisotopic (exact) mass is 489 g/mol. The summed E-state index contributed by atoms with van der Waals surface area (Å²) in [6.07, 6.45) is 4.27. The lowest BCUT2D eigenvalue weighted by atomic mass is 10.00. The van der Waals surface area contributed by atoms with Crippen molar-refractivity contribution in [1.29, 1.82) is 0 Å². The van der Waals surface area contributed by atoms with E-state index >= 15 is 0 Å². The number of nitrogens with one attached hydrogen (secondary N) is 1. The van der Waals surface area contributed by atoms with E-state index in [-0.39, 0.29) is 38.8 Å². The largest absolute Gasteiger partial charge is 0.507 e. The Hall–Kier alpha value is -2.85. The van der Waals surface area contributed by atoms with Crippen molar-refractivity contribution in [2.75, 3.05) is 7.11 Å². The van der Waals surface area contributed by atoms with Crippen LogP contribution in [0.25, 0.3) is 11.4 Å². The number of ether oxygens (including phenoxy) is 2. The van der Waals surface area contributed by atoms with Gasteiger partial charge in [0.2, 0.25) is 4.77 Å². The second-order valence-electron chi connectivity index (χ2n) is 8.39. The predicted octanol–water partition coefficient (Wildman–Crippen LogP) is 5.00. The van der Waals surface area contributed by atoms with E-state index in [2.05, 4.69) is 10.2 Å². The molecule has 0 saturated heterocycles. The summed E-state index contributed by atoms with van der Waals surface area (Å²) in [5.41, 5.74) is 1.20. The van der Waals surface area contributed by atoms with Crippen LogP contribution in [-0.2, 0) is 10.0 Å². The van der Waals surface area contributed by atoms with Crippen molar-refractivity contribution in [2.24, 2.45) is 0 Å². The Morgan fingerprint density at radius 2 is 1.88 bits per heavy atom. The number of aromatic hydroxyl groups is 1. The molecule has 0 spiro atoms. The first-order valence-electron chi connectivity index (χ1n) is 10.8. The van der Waals surface area contributed by atoms with Gasteiger partial charge in [0.15, 0.2) is 17.3 Å². The summed E-state index contributed by atoms with van der Waals surface area (Å²) < 4.78 is 39.5. The minimum absolute atomic E-state index is 0.00486. The first-order valence-corrected chi connectivity index (χ1v) is 12.7. The predicted molar refractivity (Wildman–Crippen MR) is 127 cm³/mol. The van der Waals surface area contributed by atoms with Crippen LogP contribution in [0.15, 0.2) is 41.3 Å². The van der Waals surface area contributed by atoms with E-state index in [0.717, 1.165) is 35.2 Å². The fourth-order valence-corrected chi connectivity index (χ4v) is 5.73. The molecule has 1 fully saturated rings. The van der Waals surface area contributed by atoms with Gasteiger partial charge in [0.05, 0.1) is 23.7 Å². The molecular formula is C23H27N3O5S2. The Labute approximate surface area is 198 Å². The van der Waals surface area contributed by atoms with Gasteiger partial charge in [-0.2, -0.15) is 9.07 Å². The molecule has 0 bridgehead atoms. The van der Waals surface area contributed by atoms with Crippen molar-refractivity contribution >= 4 is 22.2 Å². The molecule has 0 amide bonds. The van der Waals surface area contributed by atoms with Gasteiger partial charge in [-0.3, -0.25) is 5.10 Å². The quantitative estimate of drug-likeness (QED) is 0.450. The highest BCUT2D eigenvalue weighted by Gasteiger charge is 2.27. The van der Waals surface area contributed by atoms with Crippen molar-refractivity contribution in [2.45, 2.75) is 56.4 Å². The van der Waals surface area contributed by atoms with E-state index in [1.807, 2.05) is 13.8 Å². The molecule has 2 N–H and O–H groups in total. The Balaban J connectivity index is 1.78. The van der Waals surface area contributed by atoms with Crippen molar-refractivity contribution in [1.82, 2.24) is 14.2 Å². The standard InChI is InChI=1S/C23H27N3O5S2/c1-14(2)15-8-10-19(27)18(12-15)22-24-25-23(32)26(22)33(28,29)17-9-11-20(21(13-17)30-3)31-16-6-4-5-7-16/h8-14,16,27H,4-7H2,1-3H3,(H,25,32). The fraction of sp³-hybridized carbons (Fsp3) is 0.391. The number of aromatic amines is 1. The zero-order valence-electron chi connectivity index (χ0n) is 18.7. The molecule has 0 unspecified atom stereocenters. The smallest absolute Gasteiger partial charge is 0.271 e. The van der Waals surface area contributed by atoms with E-state index in [9.17, 15) is 13.5 Å². The van der Waals surface area contributed by atoms with Gasteiger partial charge < -0.3 is 14.6 Å².